The minimum absolute atomic E-state index is 0.00930. The molecule has 4 nitrogen and oxygen atoms in total. The Balaban J connectivity index is 2.09. The van der Waals surface area contributed by atoms with Crippen LogP contribution in [0.5, 0.6) is 0 Å². The SMILES string of the molecule is O=S(=O)(NC[C@H](O)c1cccs1)c1ccccc1Cl. The van der Waals surface area contributed by atoms with Gasteiger partial charge in [0, 0.05) is 11.4 Å². The van der Waals surface area contributed by atoms with Crippen molar-refractivity contribution < 1.29 is 13.5 Å². The van der Waals surface area contributed by atoms with Crippen molar-refractivity contribution in [1.82, 2.24) is 4.72 Å². The highest BCUT2D eigenvalue weighted by Gasteiger charge is 2.19. The summed E-state index contributed by atoms with van der Waals surface area (Å²) in [6, 6.07) is 9.72. The highest BCUT2D eigenvalue weighted by Crippen LogP contribution is 2.22. The van der Waals surface area contributed by atoms with E-state index in [4.69, 9.17) is 11.6 Å². The maximum absolute atomic E-state index is 12.0. The van der Waals surface area contributed by atoms with Gasteiger partial charge in [0.2, 0.25) is 10.0 Å². The minimum Gasteiger partial charge on any atom is -0.386 e. The van der Waals surface area contributed by atoms with Gasteiger partial charge in [-0.15, -0.1) is 11.3 Å². The molecule has 19 heavy (non-hydrogen) atoms. The Bertz CT molecular complexity index is 641. The van der Waals surface area contributed by atoms with Gasteiger partial charge in [-0.25, -0.2) is 13.1 Å². The van der Waals surface area contributed by atoms with E-state index in [-0.39, 0.29) is 16.5 Å². The molecular formula is C12H12ClNO3S2. The second kappa shape index (κ2) is 6.02. The number of thiophene rings is 1. The minimum atomic E-state index is -3.71. The molecule has 1 aromatic heterocycles. The summed E-state index contributed by atoms with van der Waals surface area (Å²) in [4.78, 5) is 0.719. The molecule has 1 aromatic carbocycles. The van der Waals surface area contributed by atoms with Crippen LogP contribution in [0.4, 0.5) is 0 Å². The number of aliphatic hydroxyl groups excluding tert-OH is 1. The largest absolute Gasteiger partial charge is 0.386 e. The normalized spacial score (nSPS) is 13.4. The number of benzene rings is 1. The summed E-state index contributed by atoms with van der Waals surface area (Å²) in [5, 5.41) is 11.8. The van der Waals surface area contributed by atoms with E-state index in [1.54, 1.807) is 24.3 Å². The number of rotatable bonds is 5. The average Bonchev–Trinajstić information content (AvgIpc) is 2.90. The van der Waals surface area contributed by atoms with E-state index in [0.29, 0.717) is 4.88 Å². The first-order chi connectivity index (χ1) is 9.00. The van der Waals surface area contributed by atoms with E-state index in [0.717, 1.165) is 0 Å². The zero-order valence-electron chi connectivity index (χ0n) is 9.78. The van der Waals surface area contributed by atoms with Gasteiger partial charge in [-0.05, 0) is 23.6 Å². The van der Waals surface area contributed by atoms with Crippen LogP contribution in [0.1, 0.15) is 11.0 Å². The molecular weight excluding hydrogens is 306 g/mol. The Hall–Kier alpha value is -0.920. The maximum Gasteiger partial charge on any atom is 0.242 e. The molecule has 0 radical (unpaired) electrons. The van der Waals surface area contributed by atoms with Crippen molar-refractivity contribution in [1.29, 1.82) is 0 Å². The molecule has 7 heteroatoms. The first-order valence-corrected chi connectivity index (χ1v) is 8.20. The Labute approximate surface area is 120 Å². The molecule has 2 N–H and O–H groups in total. The number of nitrogens with one attached hydrogen (secondary N) is 1. The van der Waals surface area contributed by atoms with Gasteiger partial charge >= 0.3 is 0 Å². The van der Waals surface area contributed by atoms with Crippen LogP contribution in [0.2, 0.25) is 5.02 Å². The van der Waals surface area contributed by atoms with Gasteiger partial charge in [-0.3, -0.25) is 0 Å². The van der Waals surface area contributed by atoms with Crippen molar-refractivity contribution in [3.8, 4) is 0 Å². The smallest absolute Gasteiger partial charge is 0.242 e. The highest BCUT2D eigenvalue weighted by molar-refractivity contribution is 7.89. The van der Waals surface area contributed by atoms with Crippen LogP contribution < -0.4 is 4.72 Å². The van der Waals surface area contributed by atoms with Crippen LogP contribution in [0.3, 0.4) is 0 Å². The van der Waals surface area contributed by atoms with Crippen molar-refractivity contribution in [2.45, 2.75) is 11.0 Å². The number of hydrogen-bond donors (Lipinski definition) is 2. The molecule has 0 saturated heterocycles. The topological polar surface area (TPSA) is 66.4 Å². The van der Waals surface area contributed by atoms with Crippen molar-refractivity contribution >= 4 is 33.0 Å². The first-order valence-electron chi connectivity index (χ1n) is 5.46. The predicted octanol–water partition coefficient (Wildman–Crippen LogP) is 2.41. The van der Waals surface area contributed by atoms with Crippen LogP contribution in [-0.2, 0) is 10.0 Å². The number of sulfonamides is 1. The van der Waals surface area contributed by atoms with E-state index in [2.05, 4.69) is 4.72 Å². The molecule has 0 fully saturated rings. The van der Waals surface area contributed by atoms with E-state index >= 15 is 0 Å². The summed E-state index contributed by atoms with van der Waals surface area (Å²) in [6.45, 7) is -0.0892. The lowest BCUT2D eigenvalue weighted by molar-refractivity contribution is 0.186. The van der Waals surface area contributed by atoms with Crippen molar-refractivity contribution in [2.75, 3.05) is 6.54 Å². The molecule has 2 aromatic rings. The van der Waals surface area contributed by atoms with E-state index in [1.165, 1.54) is 23.5 Å². The molecule has 2 rings (SSSR count). The van der Waals surface area contributed by atoms with Crippen LogP contribution in [0.25, 0.3) is 0 Å². The molecule has 102 valence electrons. The fourth-order valence-electron chi connectivity index (χ4n) is 1.51. The summed E-state index contributed by atoms with van der Waals surface area (Å²) in [5.41, 5.74) is 0. The van der Waals surface area contributed by atoms with Gasteiger partial charge < -0.3 is 5.11 Å². The second-order valence-corrected chi connectivity index (χ2v) is 6.94. The quantitative estimate of drug-likeness (QED) is 0.890. The van der Waals surface area contributed by atoms with Crippen molar-refractivity contribution in [2.24, 2.45) is 0 Å². The molecule has 0 aliphatic carbocycles. The summed E-state index contributed by atoms with van der Waals surface area (Å²) in [5.74, 6) is 0. The summed E-state index contributed by atoms with van der Waals surface area (Å²) in [7, 11) is -3.71. The second-order valence-electron chi connectivity index (χ2n) is 3.81. The van der Waals surface area contributed by atoms with Crippen LogP contribution >= 0.6 is 22.9 Å². The molecule has 0 saturated carbocycles. The number of halogens is 1. The molecule has 0 spiro atoms. The Morgan fingerprint density at radius 2 is 2.00 bits per heavy atom. The zero-order chi connectivity index (χ0) is 13.9. The van der Waals surface area contributed by atoms with Crippen molar-refractivity contribution in [3.05, 3.63) is 51.7 Å². The van der Waals surface area contributed by atoms with E-state index < -0.39 is 16.1 Å². The number of hydrogen-bond acceptors (Lipinski definition) is 4. The predicted molar refractivity (Wildman–Crippen MR) is 75.9 cm³/mol. The lowest BCUT2D eigenvalue weighted by atomic mass is 10.3. The van der Waals surface area contributed by atoms with Gasteiger partial charge in [-0.1, -0.05) is 29.8 Å². The van der Waals surface area contributed by atoms with E-state index in [1.807, 2.05) is 5.38 Å². The monoisotopic (exact) mass is 317 g/mol. The number of aliphatic hydroxyl groups is 1. The van der Waals surface area contributed by atoms with Gasteiger partial charge in [0.25, 0.3) is 0 Å². The third kappa shape index (κ3) is 3.55. The summed E-state index contributed by atoms with van der Waals surface area (Å²) in [6.07, 6.45) is -0.864. The molecule has 0 aliphatic heterocycles. The Morgan fingerprint density at radius 3 is 2.63 bits per heavy atom. The van der Waals surface area contributed by atoms with Crippen LogP contribution in [0.15, 0.2) is 46.7 Å². The highest BCUT2D eigenvalue weighted by atomic mass is 35.5. The lowest BCUT2D eigenvalue weighted by Gasteiger charge is -2.11. The molecule has 1 atom stereocenters. The summed E-state index contributed by atoms with van der Waals surface area (Å²) >= 11 is 7.21. The third-order valence-electron chi connectivity index (χ3n) is 2.46. The average molecular weight is 318 g/mol. The molecule has 0 aliphatic rings. The summed E-state index contributed by atoms with van der Waals surface area (Å²) < 4.78 is 26.4. The standard InChI is InChI=1S/C12H12ClNO3S2/c13-9-4-1-2-6-12(9)19(16,17)14-8-10(15)11-5-3-7-18-11/h1-7,10,14-15H,8H2/t10-/m0/s1. The first kappa shape index (κ1) is 14.5. The Morgan fingerprint density at radius 1 is 1.26 bits per heavy atom. The molecule has 0 bridgehead atoms. The van der Waals surface area contributed by atoms with Gasteiger partial charge in [0.05, 0.1) is 5.02 Å². The maximum atomic E-state index is 12.0. The third-order valence-corrected chi connectivity index (χ3v) is 5.36. The van der Waals surface area contributed by atoms with E-state index in [9.17, 15) is 13.5 Å². The molecule has 1 heterocycles. The van der Waals surface area contributed by atoms with Crippen LogP contribution in [-0.4, -0.2) is 20.1 Å². The lowest BCUT2D eigenvalue weighted by Crippen LogP contribution is -2.28. The molecule has 0 amide bonds. The van der Waals surface area contributed by atoms with Gasteiger partial charge in [-0.2, -0.15) is 0 Å². The van der Waals surface area contributed by atoms with Gasteiger partial charge in [0.1, 0.15) is 11.0 Å². The Kier molecular flexibility index (Phi) is 4.59. The zero-order valence-corrected chi connectivity index (χ0v) is 12.2. The van der Waals surface area contributed by atoms with Crippen LogP contribution in [0, 0.1) is 0 Å². The van der Waals surface area contributed by atoms with Crippen molar-refractivity contribution in [3.63, 3.8) is 0 Å². The fraction of sp³-hybridized carbons (Fsp3) is 0.167. The molecule has 0 unspecified atom stereocenters. The fourth-order valence-corrected chi connectivity index (χ4v) is 3.78. The van der Waals surface area contributed by atoms with Gasteiger partial charge in [0.15, 0.2) is 0 Å².